The second-order valence-electron chi connectivity index (χ2n) is 7.92. The number of hydrogen-bond donors (Lipinski definition) is 2. The van der Waals surface area contributed by atoms with Crippen LogP contribution in [0.4, 0.5) is 0 Å². The Morgan fingerprint density at radius 2 is 1.72 bits per heavy atom. The van der Waals surface area contributed by atoms with E-state index in [4.69, 9.17) is 9.73 Å². The highest BCUT2D eigenvalue weighted by atomic mass is 16.5. The summed E-state index contributed by atoms with van der Waals surface area (Å²) in [6.07, 6.45) is 2.49. The number of morpholine rings is 1. The fourth-order valence-electron chi connectivity index (χ4n) is 3.61. The van der Waals surface area contributed by atoms with Gasteiger partial charge in [-0.05, 0) is 44.4 Å². The van der Waals surface area contributed by atoms with Gasteiger partial charge in [0.2, 0.25) is 0 Å². The number of nitrogens with one attached hydrogen (secondary N) is 2. The van der Waals surface area contributed by atoms with Crippen LogP contribution in [0.25, 0.3) is 0 Å². The van der Waals surface area contributed by atoms with Gasteiger partial charge in [0.15, 0.2) is 5.96 Å². The number of benzene rings is 1. The lowest BCUT2D eigenvalue weighted by atomic mass is 10.0. The van der Waals surface area contributed by atoms with Crippen molar-refractivity contribution in [3.05, 3.63) is 35.4 Å². The maximum Gasteiger partial charge on any atom is 0.254 e. The topological polar surface area (TPSA) is 66.0 Å². The third kappa shape index (κ3) is 7.35. The van der Waals surface area contributed by atoms with Gasteiger partial charge in [-0.1, -0.05) is 38.8 Å². The Kier molecular flexibility index (Phi) is 9.45. The van der Waals surface area contributed by atoms with E-state index in [1.165, 1.54) is 12.8 Å². The Bertz CT molecular complexity index is 645. The van der Waals surface area contributed by atoms with Gasteiger partial charge in [-0.15, -0.1) is 0 Å². The molecule has 2 unspecified atom stereocenters. The van der Waals surface area contributed by atoms with Crippen molar-refractivity contribution in [1.82, 2.24) is 15.5 Å². The van der Waals surface area contributed by atoms with Crippen molar-refractivity contribution < 1.29 is 9.53 Å². The Morgan fingerprint density at radius 1 is 1.10 bits per heavy atom. The van der Waals surface area contributed by atoms with Crippen LogP contribution in [0.5, 0.6) is 0 Å². The lowest BCUT2D eigenvalue weighted by molar-refractivity contribution is -0.0586. The van der Waals surface area contributed by atoms with Gasteiger partial charge >= 0.3 is 0 Å². The summed E-state index contributed by atoms with van der Waals surface area (Å²) < 4.78 is 5.72. The van der Waals surface area contributed by atoms with Crippen LogP contribution in [-0.2, 0) is 11.3 Å². The standard InChI is InChI=1S/C23H38N4O2/c1-6-19(7-2)13-25-23(24-8-3)26-14-20-9-11-21(12-10-20)22(28)27-15-17(4)29-18(5)16-27/h9-12,17-19H,6-8,13-16H2,1-5H3,(H2,24,25,26). The molecule has 1 aliphatic heterocycles. The summed E-state index contributed by atoms with van der Waals surface area (Å²) in [5.41, 5.74) is 1.81. The van der Waals surface area contributed by atoms with Gasteiger partial charge in [-0.25, -0.2) is 4.99 Å². The van der Waals surface area contributed by atoms with E-state index < -0.39 is 0 Å². The van der Waals surface area contributed by atoms with Crippen LogP contribution in [0.2, 0.25) is 0 Å². The molecular weight excluding hydrogens is 364 g/mol. The highest BCUT2D eigenvalue weighted by molar-refractivity contribution is 5.94. The van der Waals surface area contributed by atoms with Gasteiger partial charge in [0, 0.05) is 31.7 Å². The van der Waals surface area contributed by atoms with Gasteiger partial charge in [0.05, 0.1) is 18.8 Å². The lowest BCUT2D eigenvalue weighted by Crippen LogP contribution is -2.48. The smallest absolute Gasteiger partial charge is 0.254 e. The van der Waals surface area contributed by atoms with E-state index in [-0.39, 0.29) is 18.1 Å². The van der Waals surface area contributed by atoms with Gasteiger partial charge in [0.25, 0.3) is 5.91 Å². The minimum Gasteiger partial charge on any atom is -0.372 e. The van der Waals surface area contributed by atoms with Crippen molar-refractivity contribution >= 4 is 11.9 Å². The minimum atomic E-state index is 0.0715. The van der Waals surface area contributed by atoms with Crippen LogP contribution in [-0.4, -0.2) is 55.2 Å². The molecule has 0 aliphatic carbocycles. The van der Waals surface area contributed by atoms with Crippen molar-refractivity contribution in [2.75, 3.05) is 26.2 Å². The van der Waals surface area contributed by atoms with Crippen LogP contribution in [0.1, 0.15) is 63.4 Å². The van der Waals surface area contributed by atoms with Gasteiger partial charge in [-0.2, -0.15) is 0 Å². The molecule has 1 aliphatic rings. The predicted molar refractivity (Wildman–Crippen MR) is 119 cm³/mol. The Morgan fingerprint density at radius 3 is 2.28 bits per heavy atom. The maximum atomic E-state index is 12.8. The van der Waals surface area contributed by atoms with Crippen LogP contribution in [0.15, 0.2) is 29.3 Å². The van der Waals surface area contributed by atoms with E-state index in [0.29, 0.717) is 25.6 Å². The summed E-state index contributed by atoms with van der Waals surface area (Å²) in [5.74, 6) is 1.58. The molecule has 2 rings (SSSR count). The Balaban J connectivity index is 1.95. The summed E-state index contributed by atoms with van der Waals surface area (Å²) in [5, 5.41) is 6.74. The van der Waals surface area contributed by atoms with Crippen LogP contribution in [0.3, 0.4) is 0 Å². The molecule has 6 nitrogen and oxygen atoms in total. The third-order valence-electron chi connectivity index (χ3n) is 5.38. The second-order valence-corrected chi connectivity index (χ2v) is 7.92. The lowest BCUT2D eigenvalue weighted by Gasteiger charge is -2.35. The molecule has 0 radical (unpaired) electrons. The van der Waals surface area contributed by atoms with Gasteiger partial charge in [-0.3, -0.25) is 4.79 Å². The summed E-state index contributed by atoms with van der Waals surface area (Å²) >= 11 is 0. The molecule has 0 bridgehead atoms. The largest absolute Gasteiger partial charge is 0.372 e. The molecule has 0 saturated carbocycles. The molecule has 0 spiro atoms. The summed E-state index contributed by atoms with van der Waals surface area (Å²) in [6, 6.07) is 7.80. The normalized spacial score (nSPS) is 20.1. The number of hydrogen-bond acceptors (Lipinski definition) is 3. The molecule has 1 aromatic rings. The molecule has 6 heteroatoms. The molecule has 2 atom stereocenters. The van der Waals surface area contributed by atoms with E-state index in [1.54, 1.807) is 0 Å². The minimum absolute atomic E-state index is 0.0715. The number of ether oxygens (including phenoxy) is 1. The zero-order valence-corrected chi connectivity index (χ0v) is 18.7. The number of guanidine groups is 1. The molecule has 1 amide bonds. The first-order valence-corrected chi connectivity index (χ1v) is 11.0. The van der Waals surface area contributed by atoms with Crippen molar-refractivity contribution in [3.8, 4) is 0 Å². The Hall–Kier alpha value is -2.08. The van der Waals surface area contributed by atoms with E-state index in [9.17, 15) is 4.79 Å². The van der Waals surface area contributed by atoms with Crippen molar-refractivity contribution in [1.29, 1.82) is 0 Å². The van der Waals surface area contributed by atoms with E-state index in [2.05, 4.69) is 31.4 Å². The second kappa shape index (κ2) is 11.8. The first kappa shape index (κ1) is 23.2. The monoisotopic (exact) mass is 402 g/mol. The average molecular weight is 403 g/mol. The fraction of sp³-hybridized carbons (Fsp3) is 0.652. The van der Waals surface area contributed by atoms with Crippen molar-refractivity contribution in [2.45, 2.75) is 66.2 Å². The van der Waals surface area contributed by atoms with Crippen LogP contribution in [0, 0.1) is 5.92 Å². The quantitative estimate of drug-likeness (QED) is 0.516. The SMILES string of the molecule is CCNC(=NCc1ccc(C(=O)N2CC(C)OC(C)C2)cc1)NCC(CC)CC. The summed E-state index contributed by atoms with van der Waals surface area (Å²) in [4.78, 5) is 19.4. The van der Waals surface area contributed by atoms with Crippen LogP contribution < -0.4 is 10.6 Å². The Labute approximate surface area is 176 Å². The van der Waals surface area contributed by atoms with E-state index in [1.807, 2.05) is 43.0 Å². The zero-order chi connectivity index (χ0) is 21.2. The third-order valence-corrected chi connectivity index (χ3v) is 5.38. The first-order valence-electron chi connectivity index (χ1n) is 11.0. The molecule has 1 fully saturated rings. The molecule has 0 aromatic heterocycles. The van der Waals surface area contributed by atoms with Gasteiger partial charge < -0.3 is 20.3 Å². The molecule has 1 aromatic carbocycles. The van der Waals surface area contributed by atoms with Crippen LogP contribution >= 0.6 is 0 Å². The molecule has 29 heavy (non-hydrogen) atoms. The molecular formula is C23H38N4O2. The summed E-state index contributed by atoms with van der Waals surface area (Å²) in [7, 11) is 0. The first-order chi connectivity index (χ1) is 14.0. The highest BCUT2D eigenvalue weighted by Crippen LogP contribution is 2.15. The number of amides is 1. The number of rotatable bonds is 8. The molecule has 162 valence electrons. The summed E-state index contributed by atoms with van der Waals surface area (Å²) in [6.45, 7) is 14.2. The number of carbonyl (C=O) groups is 1. The number of carbonyl (C=O) groups excluding carboxylic acids is 1. The number of nitrogens with zero attached hydrogens (tertiary/aromatic N) is 2. The van der Waals surface area contributed by atoms with E-state index >= 15 is 0 Å². The number of aliphatic imine (C=N–C) groups is 1. The maximum absolute atomic E-state index is 12.8. The van der Waals surface area contributed by atoms with Crippen molar-refractivity contribution in [2.24, 2.45) is 10.9 Å². The molecule has 1 heterocycles. The van der Waals surface area contributed by atoms with Gasteiger partial charge in [0.1, 0.15) is 0 Å². The molecule has 1 saturated heterocycles. The zero-order valence-electron chi connectivity index (χ0n) is 18.7. The average Bonchev–Trinajstić information content (AvgIpc) is 2.71. The predicted octanol–water partition coefficient (Wildman–Crippen LogP) is 3.43. The highest BCUT2D eigenvalue weighted by Gasteiger charge is 2.26. The van der Waals surface area contributed by atoms with E-state index in [0.717, 1.165) is 30.2 Å². The molecule has 2 N–H and O–H groups in total. The fourth-order valence-corrected chi connectivity index (χ4v) is 3.61. The van der Waals surface area contributed by atoms with Crippen molar-refractivity contribution in [3.63, 3.8) is 0 Å².